The predicted molar refractivity (Wildman–Crippen MR) is 87.7 cm³/mol. The van der Waals surface area contributed by atoms with Crippen LogP contribution in [0.15, 0.2) is 36.5 Å². The molecule has 0 amide bonds. The topological polar surface area (TPSA) is 47.3 Å². The molecule has 2 aromatic heterocycles. The molecule has 22 heavy (non-hydrogen) atoms. The van der Waals surface area contributed by atoms with Crippen LogP contribution in [-0.4, -0.2) is 20.4 Å². The highest BCUT2D eigenvalue weighted by Crippen LogP contribution is 2.30. The molecule has 0 aliphatic rings. The van der Waals surface area contributed by atoms with Gasteiger partial charge < -0.3 is 0 Å². The minimum Gasteiger partial charge on any atom is -0.292 e. The smallest absolute Gasteiger partial charge is 0.183 e. The van der Waals surface area contributed by atoms with Crippen molar-refractivity contribution in [3.63, 3.8) is 0 Å². The van der Waals surface area contributed by atoms with E-state index in [1.165, 1.54) is 0 Å². The van der Waals surface area contributed by atoms with Gasteiger partial charge in [-0.2, -0.15) is 5.10 Å². The molecule has 0 saturated heterocycles. The second-order valence-electron chi connectivity index (χ2n) is 4.93. The van der Waals surface area contributed by atoms with Crippen molar-refractivity contribution in [3.8, 4) is 11.3 Å². The molecule has 1 aromatic carbocycles. The highest BCUT2D eigenvalue weighted by molar-refractivity contribution is 6.35. The van der Waals surface area contributed by atoms with Crippen LogP contribution in [0.4, 0.5) is 0 Å². The fourth-order valence-corrected chi connectivity index (χ4v) is 2.90. The predicted octanol–water partition coefficient (Wildman–Crippen LogP) is 4.69. The molecule has 0 aliphatic heterocycles. The van der Waals surface area contributed by atoms with E-state index in [1.54, 1.807) is 35.0 Å². The van der Waals surface area contributed by atoms with Crippen LogP contribution in [0.25, 0.3) is 16.9 Å². The third-order valence-electron chi connectivity index (χ3n) is 3.27. The fourth-order valence-electron chi connectivity index (χ4n) is 2.38. The monoisotopic (exact) mass is 333 g/mol. The van der Waals surface area contributed by atoms with E-state index in [-0.39, 0.29) is 5.78 Å². The molecule has 6 heteroatoms. The lowest BCUT2D eigenvalue weighted by Gasteiger charge is -2.05. The Kier molecular flexibility index (Phi) is 4.14. The van der Waals surface area contributed by atoms with Crippen LogP contribution in [0.1, 0.15) is 30.3 Å². The molecule has 0 radical (unpaired) electrons. The molecule has 0 spiro atoms. The molecule has 0 N–H and O–H groups in total. The van der Waals surface area contributed by atoms with Gasteiger partial charge in [-0.3, -0.25) is 4.79 Å². The van der Waals surface area contributed by atoms with Crippen LogP contribution in [0.2, 0.25) is 10.0 Å². The second-order valence-corrected chi connectivity index (χ2v) is 5.81. The van der Waals surface area contributed by atoms with Crippen LogP contribution < -0.4 is 0 Å². The number of ketones is 1. The van der Waals surface area contributed by atoms with Gasteiger partial charge in [0.2, 0.25) is 0 Å². The van der Waals surface area contributed by atoms with Crippen LogP contribution in [-0.2, 0) is 0 Å². The summed E-state index contributed by atoms with van der Waals surface area (Å²) in [4.78, 5) is 16.8. The number of aromatic nitrogens is 3. The zero-order chi connectivity index (χ0) is 15.7. The first-order valence-corrected chi connectivity index (χ1v) is 7.69. The second kappa shape index (κ2) is 6.07. The van der Waals surface area contributed by atoms with Gasteiger partial charge in [-0.1, -0.05) is 30.1 Å². The summed E-state index contributed by atoms with van der Waals surface area (Å²) in [7, 11) is 0. The van der Waals surface area contributed by atoms with E-state index in [0.29, 0.717) is 33.5 Å². The summed E-state index contributed by atoms with van der Waals surface area (Å²) in [6, 6.07) is 8.76. The summed E-state index contributed by atoms with van der Waals surface area (Å²) in [6.45, 7) is 1.96. The van der Waals surface area contributed by atoms with Crippen molar-refractivity contribution >= 4 is 34.6 Å². The van der Waals surface area contributed by atoms with Gasteiger partial charge in [0.15, 0.2) is 11.4 Å². The zero-order valence-corrected chi connectivity index (χ0v) is 13.4. The quantitative estimate of drug-likeness (QED) is 0.651. The summed E-state index contributed by atoms with van der Waals surface area (Å²) in [5.41, 5.74) is 2.37. The standard InChI is InChI=1S/C16H13Cl2N3O/c1-2-4-13(22)15-16(10-7-11(17)9-12(18)8-10)21-14(20-15)5-3-6-19-21/h3,5-9H,2,4H2,1H3. The average Bonchev–Trinajstić information content (AvgIpc) is 2.86. The average molecular weight is 334 g/mol. The molecule has 112 valence electrons. The van der Waals surface area contributed by atoms with E-state index in [1.807, 2.05) is 13.0 Å². The molecule has 4 nitrogen and oxygen atoms in total. The molecular formula is C16H13Cl2N3O. The van der Waals surface area contributed by atoms with E-state index >= 15 is 0 Å². The lowest BCUT2D eigenvalue weighted by Crippen LogP contribution is -2.02. The van der Waals surface area contributed by atoms with Gasteiger partial charge in [0, 0.05) is 28.2 Å². The van der Waals surface area contributed by atoms with E-state index in [2.05, 4.69) is 10.1 Å². The number of carbonyl (C=O) groups is 1. The number of imidazole rings is 1. The summed E-state index contributed by atoms with van der Waals surface area (Å²) in [6.07, 6.45) is 2.85. The summed E-state index contributed by atoms with van der Waals surface area (Å²) >= 11 is 12.2. The van der Waals surface area contributed by atoms with Crippen molar-refractivity contribution in [1.29, 1.82) is 0 Å². The SMILES string of the molecule is CCCC(=O)c1nc2cccnn2c1-c1cc(Cl)cc(Cl)c1. The Morgan fingerprint density at radius 3 is 2.64 bits per heavy atom. The third-order valence-corrected chi connectivity index (χ3v) is 3.71. The molecule has 3 rings (SSSR count). The van der Waals surface area contributed by atoms with Crippen molar-refractivity contribution in [2.24, 2.45) is 0 Å². The highest BCUT2D eigenvalue weighted by Gasteiger charge is 2.21. The molecule has 0 bridgehead atoms. The van der Waals surface area contributed by atoms with Gasteiger partial charge in [0.05, 0.1) is 0 Å². The number of nitrogens with zero attached hydrogens (tertiary/aromatic N) is 3. The first-order chi connectivity index (χ1) is 10.6. The van der Waals surface area contributed by atoms with Crippen molar-refractivity contribution in [3.05, 3.63) is 52.3 Å². The van der Waals surface area contributed by atoms with Gasteiger partial charge in [-0.25, -0.2) is 9.50 Å². The number of halogens is 2. The van der Waals surface area contributed by atoms with Gasteiger partial charge in [-0.05, 0) is 36.8 Å². The Labute approximate surface area is 137 Å². The van der Waals surface area contributed by atoms with Crippen molar-refractivity contribution in [1.82, 2.24) is 14.6 Å². The van der Waals surface area contributed by atoms with E-state index in [0.717, 1.165) is 12.0 Å². The van der Waals surface area contributed by atoms with E-state index in [4.69, 9.17) is 23.2 Å². The van der Waals surface area contributed by atoms with E-state index in [9.17, 15) is 4.79 Å². The normalized spacial score (nSPS) is 11.0. The summed E-state index contributed by atoms with van der Waals surface area (Å²) in [5, 5.41) is 5.30. The van der Waals surface area contributed by atoms with Crippen molar-refractivity contribution < 1.29 is 4.79 Å². The summed E-state index contributed by atoms with van der Waals surface area (Å²) in [5.74, 6) is -0.0147. The number of Topliss-reactive ketones (excluding diaryl/α,β-unsaturated/α-hetero) is 1. The largest absolute Gasteiger partial charge is 0.292 e. The Balaban J connectivity index is 2.29. The molecule has 0 unspecified atom stereocenters. The van der Waals surface area contributed by atoms with E-state index < -0.39 is 0 Å². The highest BCUT2D eigenvalue weighted by atomic mass is 35.5. The van der Waals surface area contributed by atoms with Crippen molar-refractivity contribution in [2.45, 2.75) is 19.8 Å². The number of hydrogen-bond donors (Lipinski definition) is 0. The van der Waals surface area contributed by atoms with Crippen LogP contribution in [0.5, 0.6) is 0 Å². The van der Waals surface area contributed by atoms with Gasteiger partial charge in [0.1, 0.15) is 11.4 Å². The zero-order valence-electron chi connectivity index (χ0n) is 11.9. The minimum absolute atomic E-state index is 0.0147. The Hall–Kier alpha value is -1.91. The Morgan fingerprint density at radius 2 is 1.95 bits per heavy atom. The van der Waals surface area contributed by atoms with Gasteiger partial charge >= 0.3 is 0 Å². The maximum Gasteiger partial charge on any atom is 0.183 e. The number of rotatable bonds is 4. The first kappa shape index (κ1) is 15.0. The molecule has 0 atom stereocenters. The number of fused-ring (bicyclic) bond motifs is 1. The molecule has 3 aromatic rings. The maximum atomic E-state index is 12.4. The number of hydrogen-bond acceptors (Lipinski definition) is 3. The van der Waals surface area contributed by atoms with Crippen LogP contribution in [0.3, 0.4) is 0 Å². The lowest BCUT2D eigenvalue weighted by atomic mass is 10.1. The summed E-state index contributed by atoms with van der Waals surface area (Å²) < 4.78 is 1.64. The number of carbonyl (C=O) groups excluding carboxylic acids is 1. The van der Waals surface area contributed by atoms with Gasteiger partial charge in [-0.15, -0.1) is 0 Å². The molecule has 0 fully saturated rings. The molecule has 2 heterocycles. The maximum absolute atomic E-state index is 12.4. The molecule has 0 aliphatic carbocycles. The third kappa shape index (κ3) is 2.72. The molecular weight excluding hydrogens is 321 g/mol. The van der Waals surface area contributed by atoms with Crippen LogP contribution in [0, 0.1) is 0 Å². The minimum atomic E-state index is -0.0147. The van der Waals surface area contributed by atoms with Crippen LogP contribution >= 0.6 is 23.2 Å². The molecule has 0 saturated carbocycles. The van der Waals surface area contributed by atoms with Gasteiger partial charge in [0.25, 0.3) is 0 Å². The Bertz CT molecular complexity index is 837. The lowest BCUT2D eigenvalue weighted by molar-refractivity contribution is 0.0978. The fraction of sp³-hybridized carbons (Fsp3) is 0.188. The number of benzene rings is 1. The first-order valence-electron chi connectivity index (χ1n) is 6.93. The van der Waals surface area contributed by atoms with Crippen molar-refractivity contribution in [2.75, 3.05) is 0 Å². The Morgan fingerprint density at radius 1 is 1.23 bits per heavy atom.